The SMILES string of the molecule is CCc1ccccc1NC(=O)N(C)Cc1nc2cc(C(=O)N(C)C)ccc2n1CC. The summed E-state index contributed by atoms with van der Waals surface area (Å²) in [7, 11) is 5.21. The minimum atomic E-state index is -0.186. The lowest BCUT2D eigenvalue weighted by molar-refractivity contribution is 0.0827. The van der Waals surface area contributed by atoms with Crippen LogP contribution in [0.2, 0.25) is 0 Å². The number of para-hydroxylation sites is 1. The van der Waals surface area contributed by atoms with Gasteiger partial charge >= 0.3 is 6.03 Å². The van der Waals surface area contributed by atoms with Gasteiger partial charge in [-0.15, -0.1) is 0 Å². The van der Waals surface area contributed by atoms with E-state index >= 15 is 0 Å². The lowest BCUT2D eigenvalue weighted by Gasteiger charge is -2.19. The van der Waals surface area contributed by atoms with Crippen molar-refractivity contribution in [3.8, 4) is 0 Å². The molecular weight excluding hydrogens is 378 g/mol. The molecule has 3 aromatic rings. The number of anilines is 1. The van der Waals surface area contributed by atoms with Crippen LogP contribution in [0.5, 0.6) is 0 Å². The predicted molar refractivity (Wildman–Crippen MR) is 120 cm³/mol. The van der Waals surface area contributed by atoms with Gasteiger partial charge in [0.1, 0.15) is 5.82 Å². The number of benzene rings is 2. The first-order chi connectivity index (χ1) is 14.3. The van der Waals surface area contributed by atoms with Crippen molar-refractivity contribution >= 4 is 28.7 Å². The third-order valence-electron chi connectivity index (χ3n) is 5.16. The summed E-state index contributed by atoms with van der Waals surface area (Å²) in [5.74, 6) is 0.721. The number of hydrogen-bond donors (Lipinski definition) is 1. The minimum Gasteiger partial charge on any atom is -0.345 e. The highest BCUT2D eigenvalue weighted by atomic mass is 16.2. The predicted octanol–water partition coefficient (Wildman–Crippen LogP) is 3.98. The molecule has 1 N–H and O–H groups in total. The summed E-state index contributed by atoms with van der Waals surface area (Å²) in [5, 5.41) is 2.99. The molecule has 3 rings (SSSR count). The van der Waals surface area contributed by atoms with Crippen LogP contribution in [0, 0.1) is 0 Å². The second-order valence-corrected chi connectivity index (χ2v) is 7.47. The molecule has 0 fully saturated rings. The van der Waals surface area contributed by atoms with Gasteiger partial charge in [-0.25, -0.2) is 9.78 Å². The minimum absolute atomic E-state index is 0.0596. The van der Waals surface area contributed by atoms with Crippen LogP contribution >= 0.6 is 0 Å². The van der Waals surface area contributed by atoms with Crippen molar-refractivity contribution in [2.45, 2.75) is 33.4 Å². The Morgan fingerprint density at radius 2 is 1.80 bits per heavy atom. The number of hydrogen-bond acceptors (Lipinski definition) is 3. The fourth-order valence-electron chi connectivity index (χ4n) is 3.49. The fraction of sp³-hybridized carbons (Fsp3) is 0.348. The van der Waals surface area contributed by atoms with Crippen molar-refractivity contribution in [2.24, 2.45) is 0 Å². The zero-order valence-corrected chi connectivity index (χ0v) is 18.3. The number of rotatable bonds is 6. The molecule has 3 amide bonds. The Morgan fingerprint density at radius 1 is 1.07 bits per heavy atom. The van der Waals surface area contributed by atoms with Gasteiger partial charge < -0.3 is 19.7 Å². The zero-order valence-electron chi connectivity index (χ0n) is 18.3. The zero-order chi connectivity index (χ0) is 21.8. The summed E-state index contributed by atoms with van der Waals surface area (Å²) in [5.41, 5.74) is 4.23. The van der Waals surface area contributed by atoms with Gasteiger partial charge in [0, 0.05) is 38.9 Å². The maximum absolute atomic E-state index is 12.7. The number of carbonyl (C=O) groups is 2. The smallest absolute Gasteiger partial charge is 0.321 e. The van der Waals surface area contributed by atoms with E-state index in [9.17, 15) is 9.59 Å². The second kappa shape index (κ2) is 8.98. The van der Waals surface area contributed by atoms with Gasteiger partial charge in [0.05, 0.1) is 17.6 Å². The molecule has 0 unspecified atom stereocenters. The van der Waals surface area contributed by atoms with Gasteiger partial charge in [-0.2, -0.15) is 0 Å². The van der Waals surface area contributed by atoms with Gasteiger partial charge in [-0.05, 0) is 43.2 Å². The molecule has 158 valence electrons. The van der Waals surface area contributed by atoms with Crippen LogP contribution < -0.4 is 5.32 Å². The molecule has 1 aromatic heterocycles. The lowest BCUT2D eigenvalue weighted by atomic mass is 10.1. The fourth-order valence-corrected chi connectivity index (χ4v) is 3.49. The second-order valence-electron chi connectivity index (χ2n) is 7.47. The van der Waals surface area contributed by atoms with E-state index in [1.54, 1.807) is 30.9 Å². The first-order valence-electron chi connectivity index (χ1n) is 10.2. The third kappa shape index (κ3) is 4.30. The van der Waals surface area contributed by atoms with E-state index in [0.29, 0.717) is 12.1 Å². The third-order valence-corrected chi connectivity index (χ3v) is 5.16. The maximum Gasteiger partial charge on any atom is 0.321 e. The molecule has 7 nitrogen and oxygen atoms in total. The highest BCUT2D eigenvalue weighted by Crippen LogP contribution is 2.21. The Morgan fingerprint density at radius 3 is 2.47 bits per heavy atom. The van der Waals surface area contributed by atoms with E-state index in [-0.39, 0.29) is 11.9 Å². The van der Waals surface area contributed by atoms with Crippen LogP contribution in [0.3, 0.4) is 0 Å². The van der Waals surface area contributed by atoms with Crippen molar-refractivity contribution in [3.63, 3.8) is 0 Å². The molecule has 0 aliphatic heterocycles. The Bertz CT molecular complexity index is 1070. The summed E-state index contributed by atoms with van der Waals surface area (Å²) in [6.07, 6.45) is 0.847. The van der Waals surface area contributed by atoms with E-state index in [2.05, 4.69) is 16.8 Å². The number of imidazole rings is 1. The van der Waals surface area contributed by atoms with Crippen LogP contribution in [-0.2, 0) is 19.5 Å². The highest BCUT2D eigenvalue weighted by molar-refractivity contribution is 5.97. The van der Waals surface area contributed by atoms with E-state index in [1.807, 2.05) is 49.4 Å². The standard InChI is InChI=1S/C23H29N5O2/c1-6-16-10-8-9-11-18(16)25-23(30)27(5)15-21-24-19-14-17(22(29)26(3)4)12-13-20(19)28(21)7-2/h8-14H,6-7,15H2,1-5H3,(H,25,30). The van der Waals surface area contributed by atoms with Crippen molar-refractivity contribution in [1.82, 2.24) is 19.4 Å². The van der Waals surface area contributed by atoms with E-state index in [4.69, 9.17) is 4.98 Å². The number of nitrogens with zero attached hydrogens (tertiary/aromatic N) is 4. The number of urea groups is 1. The molecule has 2 aromatic carbocycles. The Hall–Kier alpha value is -3.35. The Labute approximate surface area is 177 Å². The summed E-state index contributed by atoms with van der Waals surface area (Å²) in [6, 6.07) is 13.2. The van der Waals surface area contributed by atoms with Crippen LogP contribution in [0.1, 0.15) is 35.6 Å². The number of amides is 3. The molecule has 0 spiro atoms. The monoisotopic (exact) mass is 407 g/mol. The van der Waals surface area contributed by atoms with Crippen LogP contribution in [0.25, 0.3) is 11.0 Å². The molecule has 0 bridgehead atoms. The summed E-state index contributed by atoms with van der Waals surface area (Å²) < 4.78 is 2.07. The molecule has 0 saturated heterocycles. The van der Waals surface area contributed by atoms with E-state index in [1.165, 1.54) is 0 Å². The summed E-state index contributed by atoms with van der Waals surface area (Å²) in [6.45, 7) is 5.19. The first kappa shape index (κ1) is 21.4. The Balaban J connectivity index is 1.83. The number of carbonyl (C=O) groups excluding carboxylic acids is 2. The normalized spacial score (nSPS) is 10.8. The Kier molecular flexibility index (Phi) is 6.40. The van der Waals surface area contributed by atoms with Crippen molar-refractivity contribution < 1.29 is 9.59 Å². The van der Waals surface area contributed by atoms with Crippen molar-refractivity contribution in [3.05, 3.63) is 59.4 Å². The quantitative estimate of drug-likeness (QED) is 0.672. The highest BCUT2D eigenvalue weighted by Gasteiger charge is 2.17. The van der Waals surface area contributed by atoms with Gasteiger partial charge in [-0.3, -0.25) is 4.79 Å². The summed E-state index contributed by atoms with van der Waals surface area (Å²) in [4.78, 5) is 32.9. The first-order valence-corrected chi connectivity index (χ1v) is 10.2. The molecule has 1 heterocycles. The summed E-state index contributed by atoms with van der Waals surface area (Å²) >= 11 is 0. The number of aryl methyl sites for hydroxylation is 2. The van der Waals surface area contributed by atoms with Gasteiger partial charge in [0.15, 0.2) is 0 Å². The van der Waals surface area contributed by atoms with Crippen LogP contribution in [-0.4, -0.2) is 52.4 Å². The van der Waals surface area contributed by atoms with E-state index < -0.39 is 0 Å². The average molecular weight is 408 g/mol. The molecule has 0 aliphatic carbocycles. The number of nitrogens with one attached hydrogen (secondary N) is 1. The molecule has 0 atom stereocenters. The molecule has 0 aliphatic rings. The number of fused-ring (bicyclic) bond motifs is 1. The molecule has 0 saturated carbocycles. The molecule has 7 heteroatoms. The largest absolute Gasteiger partial charge is 0.345 e. The topological polar surface area (TPSA) is 70.5 Å². The van der Waals surface area contributed by atoms with Crippen molar-refractivity contribution in [1.29, 1.82) is 0 Å². The average Bonchev–Trinajstić information content (AvgIpc) is 3.09. The van der Waals surface area contributed by atoms with Gasteiger partial charge in [0.2, 0.25) is 0 Å². The van der Waals surface area contributed by atoms with Gasteiger partial charge in [0.25, 0.3) is 5.91 Å². The van der Waals surface area contributed by atoms with Crippen LogP contribution in [0.15, 0.2) is 42.5 Å². The van der Waals surface area contributed by atoms with Crippen molar-refractivity contribution in [2.75, 3.05) is 26.5 Å². The molecular formula is C23H29N5O2. The molecule has 0 radical (unpaired) electrons. The molecule has 30 heavy (non-hydrogen) atoms. The lowest BCUT2D eigenvalue weighted by Crippen LogP contribution is -2.32. The van der Waals surface area contributed by atoms with Gasteiger partial charge in [-0.1, -0.05) is 25.1 Å². The number of aromatic nitrogens is 2. The van der Waals surface area contributed by atoms with E-state index in [0.717, 1.165) is 41.1 Å². The van der Waals surface area contributed by atoms with Crippen LogP contribution in [0.4, 0.5) is 10.5 Å². The maximum atomic E-state index is 12.7.